The van der Waals surface area contributed by atoms with Crippen LogP contribution in [0.3, 0.4) is 0 Å². The number of hydrogen-bond donors (Lipinski definition) is 0. The zero-order valence-electron chi connectivity index (χ0n) is 17.6. The van der Waals surface area contributed by atoms with Crippen LogP contribution in [0.4, 0.5) is 5.69 Å². The monoisotopic (exact) mass is 457 g/mol. The van der Waals surface area contributed by atoms with Gasteiger partial charge in [-0.3, -0.25) is 0 Å². The molecule has 1 saturated heterocycles. The highest BCUT2D eigenvalue weighted by molar-refractivity contribution is 7.89. The number of piperidine rings is 1. The number of hydrogen-bond acceptors (Lipinski definition) is 5. The molecule has 0 unspecified atom stereocenters. The average molecular weight is 458 g/mol. The standard InChI is InChI=1S/C23H27N3O3S2/c1-29-17-16-26-22(18-30-23(26)24-20-8-4-2-5-9-20)19-10-12-21(13-11-19)31(27,28)25-14-6-3-7-15-25/h2,4-5,8-13,18H,3,6-7,14-17H2,1H3. The molecule has 1 fully saturated rings. The highest BCUT2D eigenvalue weighted by atomic mass is 32.2. The quantitative estimate of drug-likeness (QED) is 0.532. The molecule has 4 rings (SSSR count). The lowest BCUT2D eigenvalue weighted by Crippen LogP contribution is -2.35. The minimum Gasteiger partial charge on any atom is -0.383 e. The summed E-state index contributed by atoms with van der Waals surface area (Å²) in [5.41, 5.74) is 2.85. The number of para-hydroxylation sites is 1. The summed E-state index contributed by atoms with van der Waals surface area (Å²) in [5, 5.41) is 2.06. The molecule has 0 radical (unpaired) electrons. The van der Waals surface area contributed by atoms with Gasteiger partial charge in [-0.2, -0.15) is 4.31 Å². The smallest absolute Gasteiger partial charge is 0.243 e. The van der Waals surface area contributed by atoms with Gasteiger partial charge in [0.1, 0.15) is 0 Å². The summed E-state index contributed by atoms with van der Waals surface area (Å²) >= 11 is 1.56. The molecule has 0 atom stereocenters. The summed E-state index contributed by atoms with van der Waals surface area (Å²) in [5.74, 6) is 0. The third kappa shape index (κ3) is 4.98. The van der Waals surface area contributed by atoms with E-state index in [1.54, 1.807) is 34.9 Å². The van der Waals surface area contributed by atoms with Crippen molar-refractivity contribution in [3.05, 3.63) is 64.8 Å². The Hall–Kier alpha value is -2.26. The Balaban J connectivity index is 1.67. The molecule has 0 aliphatic carbocycles. The maximum absolute atomic E-state index is 12.9. The van der Waals surface area contributed by atoms with Gasteiger partial charge in [0.2, 0.25) is 10.0 Å². The van der Waals surface area contributed by atoms with Crippen LogP contribution in [0, 0.1) is 0 Å². The maximum atomic E-state index is 12.9. The van der Waals surface area contributed by atoms with E-state index in [9.17, 15) is 8.42 Å². The predicted molar refractivity (Wildman–Crippen MR) is 124 cm³/mol. The van der Waals surface area contributed by atoms with Crippen LogP contribution >= 0.6 is 11.3 Å². The van der Waals surface area contributed by atoms with Gasteiger partial charge in [-0.15, -0.1) is 11.3 Å². The topological polar surface area (TPSA) is 63.9 Å². The van der Waals surface area contributed by atoms with Crippen LogP contribution < -0.4 is 4.80 Å². The first kappa shape index (κ1) is 22.0. The molecular formula is C23H27N3O3S2. The summed E-state index contributed by atoms with van der Waals surface area (Å²) in [7, 11) is -1.75. The highest BCUT2D eigenvalue weighted by Gasteiger charge is 2.25. The third-order valence-electron chi connectivity index (χ3n) is 5.40. The zero-order valence-corrected chi connectivity index (χ0v) is 19.2. The van der Waals surface area contributed by atoms with Gasteiger partial charge in [-0.1, -0.05) is 36.8 Å². The zero-order chi connectivity index (χ0) is 21.7. The van der Waals surface area contributed by atoms with Crippen molar-refractivity contribution < 1.29 is 13.2 Å². The molecule has 1 aliphatic heterocycles. The SMILES string of the molecule is COCCn1c(-c2ccc(S(=O)(=O)N3CCCCC3)cc2)csc1=Nc1ccccc1. The molecule has 2 heterocycles. The van der Waals surface area contributed by atoms with Crippen LogP contribution in [0.1, 0.15) is 19.3 Å². The summed E-state index contributed by atoms with van der Waals surface area (Å²) in [6, 6.07) is 17.0. The van der Waals surface area contributed by atoms with E-state index in [1.165, 1.54) is 0 Å². The van der Waals surface area contributed by atoms with Crippen molar-refractivity contribution in [1.82, 2.24) is 8.87 Å². The number of benzene rings is 2. The van der Waals surface area contributed by atoms with Crippen molar-refractivity contribution >= 4 is 27.0 Å². The Kier molecular flexibility index (Phi) is 7.02. The van der Waals surface area contributed by atoms with E-state index in [1.807, 2.05) is 42.5 Å². The summed E-state index contributed by atoms with van der Waals surface area (Å²) in [4.78, 5) is 6.01. The number of ether oxygens (including phenoxy) is 1. The van der Waals surface area contributed by atoms with E-state index in [-0.39, 0.29) is 0 Å². The van der Waals surface area contributed by atoms with Crippen LogP contribution in [-0.4, -0.2) is 44.1 Å². The summed E-state index contributed by atoms with van der Waals surface area (Å²) in [6.07, 6.45) is 2.96. The summed E-state index contributed by atoms with van der Waals surface area (Å²) in [6.45, 7) is 2.44. The number of rotatable bonds is 7. The Morgan fingerprint density at radius 1 is 1.00 bits per heavy atom. The third-order valence-corrected chi connectivity index (χ3v) is 8.18. The van der Waals surface area contributed by atoms with Crippen LogP contribution in [-0.2, 0) is 21.3 Å². The van der Waals surface area contributed by atoms with E-state index in [4.69, 9.17) is 9.73 Å². The molecule has 3 aromatic rings. The van der Waals surface area contributed by atoms with E-state index < -0.39 is 10.0 Å². The van der Waals surface area contributed by atoms with Gasteiger partial charge in [0.15, 0.2) is 4.80 Å². The van der Waals surface area contributed by atoms with Gasteiger partial charge in [0.25, 0.3) is 0 Å². The van der Waals surface area contributed by atoms with Crippen molar-refractivity contribution in [3.63, 3.8) is 0 Å². The number of aromatic nitrogens is 1. The second-order valence-electron chi connectivity index (χ2n) is 7.48. The molecule has 1 aliphatic rings. The van der Waals surface area contributed by atoms with Gasteiger partial charge in [0.05, 0.1) is 22.9 Å². The highest BCUT2D eigenvalue weighted by Crippen LogP contribution is 2.25. The van der Waals surface area contributed by atoms with Gasteiger partial charge >= 0.3 is 0 Å². The first-order valence-electron chi connectivity index (χ1n) is 10.5. The molecule has 0 bridgehead atoms. The molecule has 2 aromatic carbocycles. The predicted octanol–water partition coefficient (Wildman–Crippen LogP) is 4.27. The molecular weight excluding hydrogens is 430 g/mol. The molecule has 0 saturated carbocycles. The lowest BCUT2D eigenvalue weighted by atomic mass is 10.2. The van der Waals surface area contributed by atoms with E-state index in [0.717, 1.165) is 41.0 Å². The van der Waals surface area contributed by atoms with Crippen molar-refractivity contribution in [2.75, 3.05) is 26.8 Å². The van der Waals surface area contributed by atoms with Crippen molar-refractivity contribution in [2.45, 2.75) is 30.7 Å². The largest absolute Gasteiger partial charge is 0.383 e. The fourth-order valence-electron chi connectivity index (χ4n) is 3.71. The maximum Gasteiger partial charge on any atom is 0.243 e. The van der Waals surface area contributed by atoms with Crippen molar-refractivity contribution in [3.8, 4) is 11.3 Å². The molecule has 0 amide bonds. The van der Waals surface area contributed by atoms with Crippen molar-refractivity contribution in [1.29, 1.82) is 0 Å². The number of thiazole rings is 1. The van der Waals surface area contributed by atoms with Gasteiger partial charge in [0, 0.05) is 32.1 Å². The van der Waals surface area contributed by atoms with E-state index in [2.05, 4.69) is 9.95 Å². The normalized spacial score (nSPS) is 16.0. The second-order valence-corrected chi connectivity index (χ2v) is 10.3. The minimum atomic E-state index is -3.43. The van der Waals surface area contributed by atoms with Gasteiger partial charge in [-0.05, 0) is 42.7 Å². The van der Waals surface area contributed by atoms with Gasteiger partial charge < -0.3 is 9.30 Å². The lowest BCUT2D eigenvalue weighted by Gasteiger charge is -2.25. The molecule has 0 N–H and O–H groups in total. The van der Waals surface area contributed by atoms with Gasteiger partial charge in [-0.25, -0.2) is 13.4 Å². The number of methoxy groups -OCH3 is 1. The van der Waals surface area contributed by atoms with Crippen LogP contribution in [0.5, 0.6) is 0 Å². The number of sulfonamides is 1. The molecule has 8 heteroatoms. The Morgan fingerprint density at radius 2 is 1.71 bits per heavy atom. The van der Waals surface area contributed by atoms with E-state index in [0.29, 0.717) is 31.1 Å². The second kappa shape index (κ2) is 9.91. The van der Waals surface area contributed by atoms with Crippen LogP contribution in [0.2, 0.25) is 0 Å². The molecule has 1 aromatic heterocycles. The van der Waals surface area contributed by atoms with E-state index >= 15 is 0 Å². The number of nitrogens with zero attached hydrogens (tertiary/aromatic N) is 3. The Bertz CT molecular complexity index is 1160. The summed E-state index contributed by atoms with van der Waals surface area (Å²) < 4.78 is 34.9. The average Bonchev–Trinajstić information content (AvgIpc) is 3.21. The molecule has 6 nitrogen and oxygen atoms in total. The molecule has 31 heavy (non-hydrogen) atoms. The Labute approximate surface area is 187 Å². The lowest BCUT2D eigenvalue weighted by molar-refractivity contribution is 0.187. The van der Waals surface area contributed by atoms with Crippen LogP contribution in [0.25, 0.3) is 11.3 Å². The minimum absolute atomic E-state index is 0.353. The van der Waals surface area contributed by atoms with Crippen LogP contribution in [0.15, 0.2) is 69.9 Å². The molecule has 164 valence electrons. The first-order chi connectivity index (χ1) is 15.1. The Morgan fingerprint density at radius 3 is 2.39 bits per heavy atom. The molecule has 0 spiro atoms. The van der Waals surface area contributed by atoms with Crippen molar-refractivity contribution in [2.24, 2.45) is 4.99 Å². The fraction of sp³-hybridized carbons (Fsp3) is 0.348. The first-order valence-corrected chi connectivity index (χ1v) is 12.8. The fourth-order valence-corrected chi connectivity index (χ4v) is 6.19.